The van der Waals surface area contributed by atoms with Crippen molar-refractivity contribution in [2.24, 2.45) is 0 Å². The van der Waals surface area contributed by atoms with Crippen LogP contribution in [0.5, 0.6) is 5.75 Å². The van der Waals surface area contributed by atoms with Crippen molar-refractivity contribution in [2.45, 2.75) is 27.3 Å². The number of nitrogens with one attached hydrogen (secondary N) is 2. The first-order chi connectivity index (χ1) is 9.15. The van der Waals surface area contributed by atoms with Crippen LogP contribution in [0, 0.1) is 13.8 Å². The van der Waals surface area contributed by atoms with Crippen LogP contribution in [-0.4, -0.2) is 39.8 Å². The van der Waals surface area contributed by atoms with Crippen LogP contribution in [-0.2, 0) is 6.54 Å². The highest BCUT2D eigenvalue weighted by Gasteiger charge is 2.22. The number of hydrogen-bond acceptors (Lipinski definition) is 1. The van der Waals surface area contributed by atoms with Crippen LogP contribution in [0.2, 0.25) is 0 Å². The van der Waals surface area contributed by atoms with Gasteiger partial charge in [0.1, 0.15) is 38.5 Å². The van der Waals surface area contributed by atoms with Gasteiger partial charge in [0.15, 0.2) is 0 Å². The molecule has 0 aliphatic carbocycles. The molecule has 0 spiro atoms. The summed E-state index contributed by atoms with van der Waals surface area (Å²) in [5.41, 5.74) is 4.17. The predicted molar refractivity (Wildman–Crippen MR) is 78.1 cm³/mol. The molecular formula is C16H28N2O+2. The summed E-state index contributed by atoms with van der Waals surface area (Å²) in [5, 5.41) is 0. The molecule has 1 saturated heterocycles. The molecule has 0 bridgehead atoms. The molecule has 1 heterocycles. The Bertz CT molecular complexity index is 423. The van der Waals surface area contributed by atoms with Crippen LogP contribution in [0.3, 0.4) is 0 Å². The largest absolute Gasteiger partial charge is 0.496 e. The molecule has 1 aliphatic heterocycles. The van der Waals surface area contributed by atoms with Crippen molar-refractivity contribution in [3.05, 3.63) is 28.8 Å². The van der Waals surface area contributed by atoms with Gasteiger partial charge in [0.25, 0.3) is 0 Å². The van der Waals surface area contributed by atoms with Gasteiger partial charge < -0.3 is 14.5 Å². The van der Waals surface area contributed by atoms with Crippen LogP contribution in [0.15, 0.2) is 12.1 Å². The number of rotatable bonds is 4. The molecule has 1 aromatic carbocycles. The number of piperazine rings is 1. The summed E-state index contributed by atoms with van der Waals surface area (Å²) in [5.74, 6) is 1.01. The second kappa shape index (κ2) is 6.40. The van der Waals surface area contributed by atoms with E-state index in [9.17, 15) is 0 Å². The Hall–Kier alpha value is -1.06. The molecular weight excluding hydrogens is 236 g/mol. The first kappa shape index (κ1) is 14.4. The maximum atomic E-state index is 5.39. The number of benzene rings is 1. The minimum atomic E-state index is 1.01. The first-order valence-corrected chi connectivity index (χ1v) is 7.46. The molecule has 106 valence electrons. The molecule has 0 radical (unpaired) electrons. The summed E-state index contributed by atoms with van der Waals surface area (Å²) in [6.07, 6.45) is 0. The van der Waals surface area contributed by atoms with Gasteiger partial charge in [-0.15, -0.1) is 0 Å². The Morgan fingerprint density at radius 2 is 1.63 bits per heavy atom. The van der Waals surface area contributed by atoms with Gasteiger partial charge in [0.05, 0.1) is 13.7 Å². The quantitative estimate of drug-likeness (QED) is 0.758. The zero-order valence-electron chi connectivity index (χ0n) is 12.8. The maximum Gasteiger partial charge on any atom is 0.127 e. The number of likely N-dealkylation sites (N-methyl/N-ethyl adjacent to an activating group) is 1. The van der Waals surface area contributed by atoms with E-state index in [-0.39, 0.29) is 0 Å². The third-order valence-electron chi connectivity index (χ3n) is 4.67. The Morgan fingerprint density at radius 1 is 1.00 bits per heavy atom. The standard InChI is InChI=1S/C16H26N2O/c1-5-17-8-10-18(11-9-17)12-15-6-7-16(19-4)14(3)13(15)2/h6-7H,5,8-12H2,1-4H3/p+2. The van der Waals surface area contributed by atoms with E-state index in [0.717, 1.165) is 12.3 Å². The summed E-state index contributed by atoms with van der Waals surface area (Å²) in [6.45, 7) is 14.3. The van der Waals surface area contributed by atoms with Crippen LogP contribution in [0.1, 0.15) is 23.6 Å². The van der Waals surface area contributed by atoms with Crippen molar-refractivity contribution in [1.82, 2.24) is 0 Å². The van der Waals surface area contributed by atoms with E-state index in [4.69, 9.17) is 4.74 Å². The average Bonchev–Trinajstić information content (AvgIpc) is 2.45. The molecule has 1 aromatic rings. The number of methoxy groups -OCH3 is 1. The summed E-state index contributed by atoms with van der Waals surface area (Å²) < 4.78 is 5.39. The van der Waals surface area contributed by atoms with Crippen LogP contribution in [0.4, 0.5) is 0 Å². The summed E-state index contributed by atoms with van der Waals surface area (Å²) in [4.78, 5) is 3.48. The molecule has 2 N–H and O–H groups in total. The van der Waals surface area contributed by atoms with Crippen LogP contribution < -0.4 is 14.5 Å². The summed E-state index contributed by atoms with van der Waals surface area (Å²) in [7, 11) is 1.75. The van der Waals surface area contributed by atoms with Gasteiger partial charge in [0, 0.05) is 5.56 Å². The normalized spacial score (nSPS) is 23.4. The SMILES string of the molecule is CC[NH+]1CC[NH+](Cc2ccc(OC)c(C)c2C)CC1. The van der Waals surface area contributed by atoms with Gasteiger partial charge in [0.2, 0.25) is 0 Å². The van der Waals surface area contributed by atoms with Gasteiger partial charge in [-0.3, -0.25) is 0 Å². The Labute approximate surface area is 117 Å². The minimum absolute atomic E-state index is 1.01. The zero-order valence-corrected chi connectivity index (χ0v) is 12.8. The second-order valence-electron chi connectivity index (χ2n) is 5.71. The molecule has 1 fully saturated rings. The lowest BCUT2D eigenvalue weighted by Gasteiger charge is -2.29. The molecule has 3 nitrogen and oxygen atoms in total. The molecule has 0 amide bonds. The molecule has 3 heteroatoms. The fourth-order valence-electron chi connectivity index (χ4n) is 3.02. The van der Waals surface area contributed by atoms with Crippen molar-refractivity contribution >= 4 is 0 Å². The van der Waals surface area contributed by atoms with Crippen molar-refractivity contribution in [1.29, 1.82) is 0 Å². The second-order valence-corrected chi connectivity index (χ2v) is 5.71. The first-order valence-electron chi connectivity index (χ1n) is 7.46. The highest BCUT2D eigenvalue weighted by Crippen LogP contribution is 2.23. The molecule has 0 unspecified atom stereocenters. The topological polar surface area (TPSA) is 18.1 Å². The third-order valence-corrected chi connectivity index (χ3v) is 4.67. The smallest absolute Gasteiger partial charge is 0.127 e. The zero-order chi connectivity index (χ0) is 13.8. The number of ether oxygens (including phenoxy) is 1. The van der Waals surface area contributed by atoms with Gasteiger partial charge >= 0.3 is 0 Å². The maximum absolute atomic E-state index is 5.39. The van der Waals surface area contributed by atoms with Crippen molar-refractivity contribution in [2.75, 3.05) is 39.8 Å². The third kappa shape index (κ3) is 3.28. The Kier molecular flexibility index (Phi) is 4.83. The lowest BCUT2D eigenvalue weighted by molar-refractivity contribution is -1.02. The van der Waals surface area contributed by atoms with E-state index in [1.54, 1.807) is 16.9 Å². The van der Waals surface area contributed by atoms with Crippen molar-refractivity contribution in [3.63, 3.8) is 0 Å². The van der Waals surface area contributed by atoms with Crippen molar-refractivity contribution < 1.29 is 14.5 Å². The molecule has 19 heavy (non-hydrogen) atoms. The fraction of sp³-hybridized carbons (Fsp3) is 0.625. The highest BCUT2D eigenvalue weighted by molar-refractivity contribution is 5.43. The number of hydrogen-bond donors (Lipinski definition) is 2. The van der Waals surface area contributed by atoms with Crippen LogP contribution >= 0.6 is 0 Å². The van der Waals surface area contributed by atoms with E-state index in [1.807, 2.05) is 0 Å². The van der Waals surface area contributed by atoms with Gasteiger partial charge in [-0.2, -0.15) is 0 Å². The van der Waals surface area contributed by atoms with E-state index >= 15 is 0 Å². The van der Waals surface area contributed by atoms with E-state index < -0.39 is 0 Å². The van der Waals surface area contributed by atoms with Gasteiger partial charge in [-0.05, 0) is 44.0 Å². The van der Waals surface area contributed by atoms with E-state index in [2.05, 4.69) is 32.9 Å². The monoisotopic (exact) mass is 264 g/mol. The predicted octanol–water partition coefficient (Wildman–Crippen LogP) is -0.385. The average molecular weight is 264 g/mol. The lowest BCUT2D eigenvalue weighted by Crippen LogP contribution is -3.27. The fourth-order valence-corrected chi connectivity index (χ4v) is 3.02. The van der Waals surface area contributed by atoms with E-state index in [1.165, 1.54) is 49.4 Å². The molecule has 1 aliphatic rings. The summed E-state index contributed by atoms with van der Waals surface area (Å²) in [6, 6.07) is 4.36. The van der Waals surface area contributed by atoms with Gasteiger partial charge in [-0.25, -0.2) is 0 Å². The Morgan fingerprint density at radius 3 is 2.21 bits per heavy atom. The molecule has 0 saturated carbocycles. The van der Waals surface area contributed by atoms with Crippen molar-refractivity contribution in [3.8, 4) is 5.75 Å². The number of quaternary nitrogens is 2. The minimum Gasteiger partial charge on any atom is -0.496 e. The van der Waals surface area contributed by atoms with Gasteiger partial charge in [-0.1, -0.05) is 0 Å². The highest BCUT2D eigenvalue weighted by atomic mass is 16.5. The lowest BCUT2D eigenvalue weighted by atomic mass is 10.0. The molecule has 2 rings (SSSR count). The van der Waals surface area contributed by atoms with Crippen LogP contribution in [0.25, 0.3) is 0 Å². The molecule has 0 atom stereocenters. The molecule has 0 aromatic heterocycles. The summed E-state index contributed by atoms with van der Waals surface area (Å²) >= 11 is 0. The van der Waals surface area contributed by atoms with E-state index in [0.29, 0.717) is 0 Å². The Balaban J connectivity index is 2.02.